The molecule has 1 fully saturated rings. The van der Waals surface area contributed by atoms with E-state index in [2.05, 4.69) is 4.98 Å². The van der Waals surface area contributed by atoms with Crippen molar-refractivity contribution in [3.05, 3.63) is 20.8 Å². The number of rotatable bonds is 8. The Balaban J connectivity index is 2.26. The van der Waals surface area contributed by atoms with Gasteiger partial charge < -0.3 is 15.5 Å². The quantitative estimate of drug-likeness (QED) is 0.596. The number of nitrogen functional groups attached to an aromatic ring is 1. The van der Waals surface area contributed by atoms with Crippen molar-refractivity contribution in [2.45, 2.75) is 48.1 Å². The molecule has 0 radical (unpaired) electrons. The van der Waals surface area contributed by atoms with Gasteiger partial charge in [-0.15, -0.1) is 0 Å². The molecule has 3 N–H and O–H groups in total. The third kappa shape index (κ3) is 6.21. The van der Waals surface area contributed by atoms with E-state index in [1.807, 2.05) is 51.3 Å². The Labute approximate surface area is 189 Å². The summed E-state index contributed by atoms with van der Waals surface area (Å²) in [4.78, 5) is 58.0. The van der Waals surface area contributed by atoms with Gasteiger partial charge in [-0.1, -0.05) is 41.5 Å². The van der Waals surface area contributed by atoms with Crippen molar-refractivity contribution in [3.63, 3.8) is 0 Å². The number of carbonyl (C=O) groups is 2. The van der Waals surface area contributed by atoms with Crippen molar-refractivity contribution in [1.82, 2.24) is 19.4 Å². The normalized spacial score (nSPS) is 15.1. The minimum Gasteiger partial charge on any atom is -0.383 e. The largest absolute Gasteiger partial charge is 0.383 e. The first-order valence-electron chi connectivity index (χ1n) is 11.4. The molecule has 0 aliphatic carbocycles. The zero-order chi connectivity index (χ0) is 24.2. The maximum Gasteiger partial charge on any atom is 0.330 e. The molecular formula is C22H38N6O4. The van der Waals surface area contributed by atoms with Crippen molar-refractivity contribution in [2.75, 3.05) is 49.9 Å². The molecule has 1 aliphatic rings. The van der Waals surface area contributed by atoms with Gasteiger partial charge in [0.15, 0.2) is 5.69 Å². The molecule has 0 atom stereocenters. The molecule has 0 aromatic carbocycles. The lowest BCUT2D eigenvalue weighted by atomic mass is 10.1. The van der Waals surface area contributed by atoms with E-state index in [9.17, 15) is 19.2 Å². The predicted octanol–water partition coefficient (Wildman–Crippen LogP) is 0.564. The second-order valence-corrected chi connectivity index (χ2v) is 9.65. The molecule has 1 aromatic rings. The highest BCUT2D eigenvalue weighted by atomic mass is 16.2. The average molecular weight is 451 g/mol. The van der Waals surface area contributed by atoms with Crippen LogP contribution in [0.4, 0.5) is 11.5 Å². The zero-order valence-electron chi connectivity index (χ0n) is 20.2. The highest BCUT2D eigenvalue weighted by Gasteiger charge is 2.29. The number of anilines is 2. The topological polar surface area (TPSA) is 125 Å². The van der Waals surface area contributed by atoms with E-state index in [0.29, 0.717) is 39.3 Å². The van der Waals surface area contributed by atoms with E-state index in [1.165, 1.54) is 9.47 Å². The van der Waals surface area contributed by atoms with Gasteiger partial charge >= 0.3 is 5.69 Å². The molecule has 2 heterocycles. The maximum atomic E-state index is 13.3. The number of hydrogen-bond donors (Lipinski definition) is 2. The lowest BCUT2D eigenvalue weighted by Crippen LogP contribution is -2.53. The Morgan fingerprint density at radius 2 is 1.59 bits per heavy atom. The number of carbonyl (C=O) groups excluding carboxylic acids is 2. The minimum atomic E-state index is -0.658. The van der Waals surface area contributed by atoms with Gasteiger partial charge in [0.2, 0.25) is 11.8 Å². The van der Waals surface area contributed by atoms with E-state index in [4.69, 9.17) is 5.73 Å². The van der Waals surface area contributed by atoms with Gasteiger partial charge in [0.05, 0.1) is 6.54 Å². The molecule has 32 heavy (non-hydrogen) atoms. The average Bonchev–Trinajstić information content (AvgIpc) is 2.69. The van der Waals surface area contributed by atoms with Crippen LogP contribution in [0.15, 0.2) is 9.59 Å². The summed E-state index contributed by atoms with van der Waals surface area (Å²) in [6, 6.07) is 0. The fourth-order valence-electron chi connectivity index (χ4n) is 3.84. The summed E-state index contributed by atoms with van der Waals surface area (Å²) in [5, 5.41) is 0. The third-order valence-corrected chi connectivity index (χ3v) is 5.42. The van der Waals surface area contributed by atoms with E-state index < -0.39 is 11.2 Å². The van der Waals surface area contributed by atoms with Gasteiger partial charge in [-0.3, -0.25) is 28.8 Å². The number of nitrogens with two attached hydrogens (primary N) is 1. The highest BCUT2D eigenvalue weighted by Crippen LogP contribution is 2.20. The van der Waals surface area contributed by atoms with E-state index in [1.54, 1.807) is 0 Å². The number of aromatic amines is 1. The van der Waals surface area contributed by atoms with Gasteiger partial charge in [0.25, 0.3) is 5.56 Å². The fourth-order valence-corrected chi connectivity index (χ4v) is 3.84. The number of hydrogen-bond acceptors (Lipinski definition) is 6. The molecule has 10 heteroatoms. The summed E-state index contributed by atoms with van der Waals surface area (Å²) >= 11 is 0. The highest BCUT2D eigenvalue weighted by molar-refractivity contribution is 5.96. The number of amides is 2. The molecule has 1 aliphatic heterocycles. The van der Waals surface area contributed by atoms with Crippen LogP contribution in [0, 0.1) is 17.8 Å². The molecule has 0 unspecified atom stereocenters. The van der Waals surface area contributed by atoms with Crippen LogP contribution in [-0.2, 0) is 16.1 Å². The first kappa shape index (κ1) is 25.6. The molecule has 1 aromatic heterocycles. The molecule has 2 amide bonds. The lowest BCUT2D eigenvalue weighted by Gasteiger charge is -2.36. The summed E-state index contributed by atoms with van der Waals surface area (Å²) in [6.07, 6.45) is 0. The van der Waals surface area contributed by atoms with Crippen molar-refractivity contribution >= 4 is 23.3 Å². The first-order chi connectivity index (χ1) is 14.9. The fraction of sp³-hybridized carbons (Fsp3) is 0.727. The summed E-state index contributed by atoms with van der Waals surface area (Å²) in [7, 11) is 0. The van der Waals surface area contributed by atoms with Crippen LogP contribution in [0.1, 0.15) is 41.5 Å². The Hall–Kier alpha value is -2.62. The SMILES string of the molecule is CC(C)CN(C(=O)CN1CCN(C(=O)C(C)C)CC1)c1c(N)n(CC(C)C)c(=O)[nH]c1=O. The standard InChI is InChI=1S/C22H38N6O4/c1-14(2)11-27(18-19(23)28(12-15(3)4)22(32)24-20(18)30)17(29)13-25-7-9-26(10-8-25)21(31)16(5)6/h14-16H,7-13,23H2,1-6H3,(H,24,30,32). The van der Waals surface area contributed by atoms with Crippen LogP contribution >= 0.6 is 0 Å². The Morgan fingerprint density at radius 1 is 1.00 bits per heavy atom. The van der Waals surface area contributed by atoms with Crippen molar-refractivity contribution in [1.29, 1.82) is 0 Å². The lowest BCUT2D eigenvalue weighted by molar-refractivity contribution is -0.136. The summed E-state index contributed by atoms with van der Waals surface area (Å²) in [6.45, 7) is 14.6. The Morgan fingerprint density at radius 3 is 2.09 bits per heavy atom. The molecule has 1 saturated heterocycles. The number of aromatic nitrogens is 2. The molecule has 0 saturated carbocycles. The molecule has 0 spiro atoms. The van der Waals surface area contributed by atoms with Gasteiger partial charge in [0, 0.05) is 45.2 Å². The smallest absolute Gasteiger partial charge is 0.330 e. The Bertz CT molecular complexity index is 925. The first-order valence-corrected chi connectivity index (χ1v) is 11.4. The van der Waals surface area contributed by atoms with Crippen molar-refractivity contribution in [2.24, 2.45) is 17.8 Å². The molecule has 0 bridgehead atoms. The van der Waals surface area contributed by atoms with Crippen LogP contribution in [0.25, 0.3) is 0 Å². The van der Waals surface area contributed by atoms with E-state index >= 15 is 0 Å². The molecular weight excluding hydrogens is 412 g/mol. The monoisotopic (exact) mass is 450 g/mol. The van der Waals surface area contributed by atoms with Crippen LogP contribution in [0.3, 0.4) is 0 Å². The van der Waals surface area contributed by atoms with Crippen LogP contribution in [0.5, 0.6) is 0 Å². The summed E-state index contributed by atoms with van der Waals surface area (Å²) in [5.41, 5.74) is 5.04. The molecule has 10 nitrogen and oxygen atoms in total. The molecule has 2 rings (SSSR count). The van der Waals surface area contributed by atoms with E-state index in [0.717, 1.165) is 0 Å². The second kappa shape index (κ2) is 10.8. The summed E-state index contributed by atoms with van der Waals surface area (Å²) in [5.74, 6) is 0.0322. The second-order valence-electron chi connectivity index (χ2n) is 9.65. The van der Waals surface area contributed by atoms with Crippen LogP contribution in [-0.4, -0.2) is 70.4 Å². The third-order valence-electron chi connectivity index (χ3n) is 5.42. The number of nitrogens with zero attached hydrogens (tertiary/aromatic N) is 4. The van der Waals surface area contributed by atoms with Crippen molar-refractivity contribution < 1.29 is 9.59 Å². The number of nitrogens with one attached hydrogen (secondary N) is 1. The maximum absolute atomic E-state index is 13.3. The minimum absolute atomic E-state index is 0.00815. The van der Waals surface area contributed by atoms with Gasteiger partial charge in [-0.2, -0.15) is 0 Å². The number of piperazine rings is 1. The predicted molar refractivity (Wildman–Crippen MR) is 126 cm³/mol. The Kier molecular flexibility index (Phi) is 8.65. The summed E-state index contributed by atoms with van der Waals surface area (Å²) < 4.78 is 1.32. The van der Waals surface area contributed by atoms with E-state index in [-0.39, 0.29) is 47.6 Å². The zero-order valence-corrected chi connectivity index (χ0v) is 20.2. The van der Waals surface area contributed by atoms with Crippen LogP contribution in [0.2, 0.25) is 0 Å². The number of H-pyrrole nitrogens is 1. The van der Waals surface area contributed by atoms with Crippen LogP contribution < -0.4 is 21.9 Å². The van der Waals surface area contributed by atoms with Crippen molar-refractivity contribution in [3.8, 4) is 0 Å². The van der Waals surface area contributed by atoms with Gasteiger partial charge in [-0.05, 0) is 11.8 Å². The van der Waals surface area contributed by atoms with Gasteiger partial charge in [-0.25, -0.2) is 4.79 Å². The van der Waals surface area contributed by atoms with Gasteiger partial charge in [0.1, 0.15) is 5.82 Å². The molecule has 180 valence electrons.